The van der Waals surface area contributed by atoms with Crippen LogP contribution in [0, 0.1) is 11.3 Å². The first-order valence-electron chi connectivity index (χ1n) is 14.4. The number of rotatable bonds is 9. The van der Waals surface area contributed by atoms with Crippen LogP contribution in [-0.2, 0) is 16.1 Å². The number of quaternary nitrogens is 1. The lowest BCUT2D eigenvalue weighted by atomic mass is 9.85. The molecule has 1 amide bonds. The van der Waals surface area contributed by atoms with Crippen LogP contribution in [0.25, 0.3) is 0 Å². The fourth-order valence-electron chi connectivity index (χ4n) is 6.15. The number of aliphatic imine (C=N–C) groups is 2. The number of carboxylic acid groups (broad SMARTS) is 1. The van der Waals surface area contributed by atoms with E-state index in [9.17, 15) is 14.7 Å². The summed E-state index contributed by atoms with van der Waals surface area (Å²) in [5, 5.41) is 9.49. The van der Waals surface area contributed by atoms with E-state index in [0.29, 0.717) is 50.2 Å². The number of carbonyl (C=O) groups excluding carboxylic acids is 1. The molecule has 0 radical (unpaired) electrons. The van der Waals surface area contributed by atoms with E-state index in [4.69, 9.17) is 19.2 Å². The summed E-state index contributed by atoms with van der Waals surface area (Å²) in [6, 6.07) is 12.4. The zero-order valence-corrected chi connectivity index (χ0v) is 24.6. The fourth-order valence-corrected chi connectivity index (χ4v) is 6.15. The maximum absolute atomic E-state index is 13.4. The number of allylic oxidation sites excluding steroid dienone is 1. The van der Waals surface area contributed by atoms with E-state index in [0.717, 1.165) is 35.4 Å². The number of benzene rings is 2. The summed E-state index contributed by atoms with van der Waals surface area (Å²) >= 11 is 0. The van der Waals surface area contributed by atoms with Gasteiger partial charge in [0.25, 0.3) is 5.84 Å². The number of hydrogen-bond donors (Lipinski definition) is 2. The van der Waals surface area contributed by atoms with Crippen molar-refractivity contribution in [3.05, 3.63) is 82.9 Å². The number of nitrogens with one attached hydrogen (secondary N) is 1. The van der Waals surface area contributed by atoms with Gasteiger partial charge in [-0.1, -0.05) is 6.07 Å². The highest BCUT2D eigenvalue weighted by Gasteiger charge is 2.50. The van der Waals surface area contributed by atoms with Crippen molar-refractivity contribution < 1.29 is 33.5 Å². The molecule has 11 heteroatoms. The van der Waals surface area contributed by atoms with Crippen LogP contribution < -0.4 is 14.9 Å². The minimum atomic E-state index is -0.990. The average Bonchev–Trinajstić information content (AvgIpc) is 3.37. The quantitative estimate of drug-likeness (QED) is 0.430. The minimum Gasteiger partial charge on any atom is -0.497 e. The minimum absolute atomic E-state index is 0.000797. The molecule has 4 heterocycles. The Morgan fingerprint density at radius 1 is 1.16 bits per heavy atom. The van der Waals surface area contributed by atoms with Crippen LogP contribution in [0.3, 0.4) is 0 Å². The van der Waals surface area contributed by atoms with Crippen molar-refractivity contribution in [1.82, 2.24) is 10.3 Å². The number of piperidine rings is 1. The van der Waals surface area contributed by atoms with Crippen LogP contribution >= 0.6 is 0 Å². The molecular weight excluding hydrogens is 550 g/mol. The molecule has 4 aliphatic heterocycles. The molecule has 0 aromatic heterocycles. The highest BCUT2D eigenvalue weighted by molar-refractivity contribution is 6.01. The van der Waals surface area contributed by atoms with Gasteiger partial charge >= 0.3 is 5.97 Å². The number of carbonyl (C=O) groups is 2. The second-order valence-electron chi connectivity index (χ2n) is 11.5. The number of carboxylic acids is 1. The van der Waals surface area contributed by atoms with Crippen LogP contribution in [0.2, 0.25) is 0 Å². The van der Waals surface area contributed by atoms with Crippen molar-refractivity contribution in [1.29, 1.82) is 0 Å². The molecule has 0 spiro atoms. The summed E-state index contributed by atoms with van der Waals surface area (Å²) in [6.07, 6.45) is 7.26. The molecule has 2 N–H and O–H groups in total. The number of aromatic carboxylic acids is 1. The summed E-state index contributed by atoms with van der Waals surface area (Å²) in [7, 11) is 3.24. The Labute approximate surface area is 250 Å². The summed E-state index contributed by atoms with van der Waals surface area (Å²) in [5.41, 5.74) is 6.85. The van der Waals surface area contributed by atoms with Crippen LogP contribution in [0.4, 0.5) is 0 Å². The molecule has 2 aromatic rings. The largest absolute Gasteiger partial charge is 0.497 e. The Morgan fingerprint density at radius 3 is 2.63 bits per heavy atom. The van der Waals surface area contributed by atoms with Crippen molar-refractivity contribution in [3.8, 4) is 11.5 Å². The van der Waals surface area contributed by atoms with Crippen LogP contribution in [0.5, 0.6) is 11.5 Å². The first-order chi connectivity index (χ1) is 20.8. The van der Waals surface area contributed by atoms with Gasteiger partial charge in [0.15, 0.2) is 0 Å². The van der Waals surface area contributed by atoms with Gasteiger partial charge < -0.3 is 24.2 Å². The second kappa shape index (κ2) is 11.4. The fraction of sp³-hybridized carbons (Fsp3) is 0.375. The molecule has 2 fully saturated rings. The molecule has 2 atom stereocenters. The van der Waals surface area contributed by atoms with E-state index in [1.54, 1.807) is 44.7 Å². The average molecular weight is 587 g/mol. The SMILES string of the molecule is COc1ccc(CN[N+]23C=CN=CC2=C(C2CCCN(C(=O)C4(C)COC4)C2)N=C3c2ccc(C(=O)O)cc2)c(OC)c1. The van der Waals surface area contributed by atoms with Gasteiger partial charge in [-0.05, 0) is 50.1 Å². The highest BCUT2D eigenvalue weighted by atomic mass is 16.5. The third kappa shape index (κ3) is 5.13. The Hall–Kier alpha value is -4.32. The molecule has 43 heavy (non-hydrogen) atoms. The van der Waals surface area contributed by atoms with E-state index >= 15 is 0 Å². The first kappa shape index (κ1) is 28.8. The Morgan fingerprint density at radius 2 is 1.95 bits per heavy atom. The van der Waals surface area contributed by atoms with E-state index in [1.165, 1.54) is 0 Å². The van der Waals surface area contributed by atoms with Crippen molar-refractivity contribution in [2.45, 2.75) is 26.3 Å². The van der Waals surface area contributed by atoms with Crippen molar-refractivity contribution in [3.63, 3.8) is 0 Å². The van der Waals surface area contributed by atoms with Gasteiger partial charge in [-0.2, -0.15) is 4.99 Å². The van der Waals surface area contributed by atoms with Crippen LogP contribution in [0.15, 0.2) is 76.2 Å². The van der Waals surface area contributed by atoms with Gasteiger partial charge in [0.05, 0.1) is 62.9 Å². The molecule has 11 nitrogen and oxygen atoms in total. The predicted octanol–water partition coefficient (Wildman–Crippen LogP) is 3.73. The number of fused-ring (bicyclic) bond motifs is 1. The van der Waals surface area contributed by atoms with Gasteiger partial charge in [0, 0.05) is 30.6 Å². The van der Waals surface area contributed by atoms with Gasteiger partial charge in [-0.15, -0.1) is 10.0 Å². The standard InChI is InChI=1S/C32H35N5O6/c1-32(19-43-20-32)31(40)36-13-4-5-24(18-36)28-26-17-33-12-14-37(26,29(35-28)21-6-8-22(9-7-21)30(38)39)34-16-23-10-11-25(41-2)15-27(23)42-3/h6-12,14-15,17,24,34H,4-5,13,16,18-20H2,1-3H3/p+1. The summed E-state index contributed by atoms with van der Waals surface area (Å²) in [6.45, 7) is 4.56. The summed E-state index contributed by atoms with van der Waals surface area (Å²) in [5.74, 6) is 1.21. The van der Waals surface area contributed by atoms with Crippen molar-refractivity contribution in [2.24, 2.45) is 21.3 Å². The van der Waals surface area contributed by atoms with Gasteiger partial charge in [0.1, 0.15) is 23.4 Å². The van der Waals surface area contributed by atoms with E-state index in [1.807, 2.05) is 42.4 Å². The smallest absolute Gasteiger partial charge is 0.335 e. The van der Waals surface area contributed by atoms with Crippen LogP contribution in [-0.4, -0.2) is 79.0 Å². The second-order valence-corrected chi connectivity index (χ2v) is 11.5. The normalized spacial score (nSPS) is 23.8. The van der Waals surface area contributed by atoms with Gasteiger partial charge in [-0.3, -0.25) is 9.79 Å². The third-order valence-electron chi connectivity index (χ3n) is 8.63. The summed E-state index contributed by atoms with van der Waals surface area (Å²) < 4.78 is 16.5. The van der Waals surface area contributed by atoms with E-state index in [2.05, 4.69) is 10.4 Å². The Bertz CT molecular complexity index is 1560. The van der Waals surface area contributed by atoms with Gasteiger partial charge in [0.2, 0.25) is 11.6 Å². The molecule has 0 aliphatic carbocycles. The van der Waals surface area contributed by atoms with Crippen molar-refractivity contribution >= 4 is 23.9 Å². The van der Waals surface area contributed by atoms with Crippen molar-refractivity contribution in [2.75, 3.05) is 40.5 Å². The lowest BCUT2D eigenvalue weighted by Gasteiger charge is -2.43. The number of amidine groups is 1. The topological polar surface area (TPSA) is 122 Å². The maximum atomic E-state index is 13.4. The monoisotopic (exact) mass is 586 g/mol. The molecule has 0 saturated carbocycles. The molecule has 224 valence electrons. The molecular formula is C32H36N5O6+. The molecule has 6 rings (SSSR count). The highest BCUT2D eigenvalue weighted by Crippen LogP contribution is 2.40. The molecule has 0 bridgehead atoms. The zero-order valence-electron chi connectivity index (χ0n) is 24.6. The number of methoxy groups -OCH3 is 2. The molecule has 4 aliphatic rings. The predicted molar refractivity (Wildman–Crippen MR) is 159 cm³/mol. The van der Waals surface area contributed by atoms with Gasteiger partial charge in [-0.25, -0.2) is 4.79 Å². The number of hydrogen-bond acceptors (Lipinski definition) is 8. The molecule has 2 unspecified atom stereocenters. The lowest BCUT2D eigenvalue weighted by Crippen LogP contribution is -2.57. The molecule has 2 saturated heterocycles. The maximum Gasteiger partial charge on any atom is 0.335 e. The van der Waals surface area contributed by atoms with Crippen LogP contribution in [0.1, 0.15) is 41.3 Å². The van der Waals surface area contributed by atoms with E-state index < -0.39 is 11.4 Å². The number of ether oxygens (including phenoxy) is 3. The Balaban J connectivity index is 1.39. The zero-order chi connectivity index (χ0) is 30.2. The summed E-state index contributed by atoms with van der Waals surface area (Å²) in [4.78, 5) is 36.7. The Kier molecular flexibility index (Phi) is 7.63. The number of likely N-dealkylation sites (tertiary alicyclic amines) is 1. The first-order valence-corrected chi connectivity index (χ1v) is 14.4. The lowest BCUT2D eigenvalue weighted by molar-refractivity contribution is -0.791. The molecule has 2 aromatic carbocycles. The third-order valence-corrected chi connectivity index (χ3v) is 8.63. The number of nitrogens with zero attached hydrogens (tertiary/aromatic N) is 4. The number of amides is 1. The van der Waals surface area contributed by atoms with E-state index in [-0.39, 0.29) is 22.0 Å².